The smallest absolute Gasteiger partial charge is 0.188 e. The van der Waals surface area contributed by atoms with Crippen LogP contribution in [0.25, 0.3) is 0 Å². The summed E-state index contributed by atoms with van der Waals surface area (Å²) >= 11 is 0. The quantitative estimate of drug-likeness (QED) is 0.379. The molecule has 0 aromatic heterocycles. The third-order valence-corrected chi connectivity index (χ3v) is 1.10. The van der Waals surface area contributed by atoms with Crippen LogP contribution in [-0.4, -0.2) is 18.5 Å². The third kappa shape index (κ3) is 9.80. The topological polar surface area (TPSA) is 27.7 Å². The van der Waals surface area contributed by atoms with Gasteiger partial charge in [0.05, 0.1) is 12.2 Å². The molecule has 0 aromatic rings. The molecule has 0 rings (SSSR count). The summed E-state index contributed by atoms with van der Waals surface area (Å²) in [6, 6.07) is 0. The maximum Gasteiger partial charge on any atom is 0.188 e. The van der Waals surface area contributed by atoms with E-state index in [2.05, 4.69) is 13.8 Å². The predicted octanol–water partition coefficient (Wildman–Crippen LogP) is 2.75. The molecule has 3 heteroatoms. The summed E-state index contributed by atoms with van der Waals surface area (Å²) in [5.74, 6) is 0.515. The fraction of sp³-hybridized carbons (Fsp3) is 1.00. The molecule has 0 aliphatic heterocycles. The van der Waals surface area contributed by atoms with Crippen LogP contribution in [0.5, 0.6) is 0 Å². The molecule has 0 spiro atoms. The van der Waals surface area contributed by atoms with Crippen molar-refractivity contribution in [2.45, 2.75) is 53.4 Å². The van der Waals surface area contributed by atoms with Crippen molar-refractivity contribution in [3.05, 3.63) is 0 Å². The molecule has 0 fully saturated rings. The van der Waals surface area contributed by atoms with Gasteiger partial charge < -0.3 is 4.74 Å². The average molecular weight is 190 g/mol. The molecule has 0 saturated heterocycles. The van der Waals surface area contributed by atoms with Crippen LogP contribution in [0, 0.1) is 5.92 Å². The lowest BCUT2D eigenvalue weighted by Crippen LogP contribution is -2.25. The highest BCUT2D eigenvalue weighted by Crippen LogP contribution is 2.09. The molecule has 0 radical (unpaired) electrons. The normalized spacial score (nSPS) is 15.0. The third-order valence-electron chi connectivity index (χ3n) is 1.10. The van der Waals surface area contributed by atoms with Gasteiger partial charge in [0.25, 0.3) is 0 Å². The van der Waals surface area contributed by atoms with E-state index in [0.717, 1.165) is 0 Å². The minimum absolute atomic E-state index is 0.282. The van der Waals surface area contributed by atoms with Crippen molar-refractivity contribution in [3.63, 3.8) is 0 Å². The molecular weight excluding hydrogens is 168 g/mol. The van der Waals surface area contributed by atoms with Crippen molar-refractivity contribution < 1.29 is 14.5 Å². The van der Waals surface area contributed by atoms with Crippen LogP contribution >= 0.6 is 0 Å². The number of ether oxygens (including phenoxy) is 1. The largest absolute Gasteiger partial charge is 0.350 e. The first-order valence-corrected chi connectivity index (χ1v) is 4.77. The van der Waals surface area contributed by atoms with Crippen LogP contribution in [-0.2, 0) is 14.5 Å². The second-order valence-corrected chi connectivity index (χ2v) is 4.59. The van der Waals surface area contributed by atoms with E-state index in [1.807, 2.05) is 27.7 Å². The average Bonchev–Trinajstić information content (AvgIpc) is 1.95. The van der Waals surface area contributed by atoms with E-state index >= 15 is 0 Å². The Morgan fingerprint density at radius 2 is 1.62 bits per heavy atom. The molecule has 0 amide bonds. The molecule has 0 N–H and O–H groups in total. The Kier molecular flexibility index (Phi) is 5.53. The first-order valence-electron chi connectivity index (χ1n) is 4.77. The highest BCUT2D eigenvalue weighted by Gasteiger charge is 2.14. The Morgan fingerprint density at radius 3 is 2.00 bits per heavy atom. The Labute approximate surface area is 81.3 Å². The van der Waals surface area contributed by atoms with E-state index in [1.165, 1.54) is 0 Å². The minimum Gasteiger partial charge on any atom is -0.350 e. The van der Waals surface area contributed by atoms with Gasteiger partial charge in [0.2, 0.25) is 0 Å². The first kappa shape index (κ1) is 12.9. The lowest BCUT2D eigenvalue weighted by Gasteiger charge is -2.21. The molecule has 0 heterocycles. The maximum atomic E-state index is 5.35. The Hall–Kier alpha value is -0.120. The summed E-state index contributed by atoms with van der Waals surface area (Å²) in [5, 5.41) is 0. The standard InChI is InChI=1S/C10H22O3/c1-8(2)7-11-9(3)12-13-10(4,5)6/h8-9H,7H2,1-6H3/t9-/m1/s1. The van der Waals surface area contributed by atoms with E-state index < -0.39 is 0 Å². The summed E-state index contributed by atoms with van der Waals surface area (Å²) in [6.07, 6.45) is -0.304. The summed E-state index contributed by atoms with van der Waals surface area (Å²) in [5.41, 5.74) is -0.282. The molecule has 3 nitrogen and oxygen atoms in total. The van der Waals surface area contributed by atoms with E-state index in [9.17, 15) is 0 Å². The maximum absolute atomic E-state index is 5.35. The zero-order valence-electron chi connectivity index (χ0n) is 9.59. The van der Waals surface area contributed by atoms with Crippen molar-refractivity contribution >= 4 is 0 Å². The van der Waals surface area contributed by atoms with E-state index in [4.69, 9.17) is 14.5 Å². The second-order valence-electron chi connectivity index (χ2n) is 4.59. The first-order chi connectivity index (χ1) is 5.81. The molecule has 0 aliphatic rings. The van der Waals surface area contributed by atoms with Gasteiger partial charge in [-0.25, -0.2) is 9.78 Å². The molecule has 0 aromatic carbocycles. The van der Waals surface area contributed by atoms with Gasteiger partial charge in [-0.1, -0.05) is 13.8 Å². The highest BCUT2D eigenvalue weighted by atomic mass is 17.2. The summed E-state index contributed by atoms with van der Waals surface area (Å²) < 4.78 is 5.35. The molecular formula is C10H22O3. The molecule has 0 saturated carbocycles. The van der Waals surface area contributed by atoms with E-state index in [1.54, 1.807) is 0 Å². The molecule has 1 atom stereocenters. The molecule has 0 unspecified atom stereocenters. The predicted molar refractivity (Wildman–Crippen MR) is 52.2 cm³/mol. The number of hydrogen-bond acceptors (Lipinski definition) is 3. The lowest BCUT2D eigenvalue weighted by molar-refractivity contribution is -0.412. The van der Waals surface area contributed by atoms with Crippen molar-refractivity contribution in [1.29, 1.82) is 0 Å². The van der Waals surface area contributed by atoms with E-state index in [0.29, 0.717) is 12.5 Å². The highest BCUT2D eigenvalue weighted by molar-refractivity contribution is 4.54. The summed E-state index contributed by atoms with van der Waals surface area (Å²) in [4.78, 5) is 10.1. The number of rotatable bonds is 5. The molecule has 80 valence electrons. The fourth-order valence-corrected chi connectivity index (χ4v) is 0.568. The van der Waals surface area contributed by atoms with Crippen LogP contribution < -0.4 is 0 Å². The van der Waals surface area contributed by atoms with Crippen LogP contribution in [0.3, 0.4) is 0 Å². The van der Waals surface area contributed by atoms with Gasteiger partial charge in [0, 0.05) is 0 Å². The Balaban J connectivity index is 3.46. The van der Waals surface area contributed by atoms with Crippen molar-refractivity contribution in [2.24, 2.45) is 5.92 Å². The van der Waals surface area contributed by atoms with Crippen molar-refractivity contribution in [3.8, 4) is 0 Å². The number of hydrogen-bond donors (Lipinski definition) is 0. The van der Waals surface area contributed by atoms with Gasteiger partial charge in [-0.2, -0.15) is 0 Å². The van der Waals surface area contributed by atoms with Crippen LogP contribution in [0.4, 0.5) is 0 Å². The van der Waals surface area contributed by atoms with Crippen LogP contribution in [0.15, 0.2) is 0 Å². The van der Waals surface area contributed by atoms with Crippen molar-refractivity contribution in [2.75, 3.05) is 6.61 Å². The van der Waals surface area contributed by atoms with Gasteiger partial charge in [0.15, 0.2) is 6.29 Å². The van der Waals surface area contributed by atoms with Crippen LogP contribution in [0.2, 0.25) is 0 Å². The van der Waals surface area contributed by atoms with Gasteiger partial charge in [-0.05, 0) is 33.6 Å². The van der Waals surface area contributed by atoms with Gasteiger partial charge in [-0.3, -0.25) is 0 Å². The Morgan fingerprint density at radius 1 is 1.08 bits per heavy atom. The van der Waals surface area contributed by atoms with Crippen LogP contribution in [0.1, 0.15) is 41.5 Å². The lowest BCUT2D eigenvalue weighted by atomic mass is 10.2. The fourth-order valence-electron chi connectivity index (χ4n) is 0.568. The molecule has 13 heavy (non-hydrogen) atoms. The zero-order valence-corrected chi connectivity index (χ0v) is 9.59. The Bertz CT molecular complexity index is 127. The summed E-state index contributed by atoms with van der Waals surface area (Å²) in [7, 11) is 0. The molecule has 0 bridgehead atoms. The molecule has 0 aliphatic carbocycles. The second kappa shape index (κ2) is 5.58. The summed E-state index contributed by atoms with van der Waals surface area (Å²) in [6.45, 7) is 12.5. The van der Waals surface area contributed by atoms with E-state index in [-0.39, 0.29) is 11.9 Å². The SMILES string of the molecule is CC(C)CO[C@@H](C)OOC(C)(C)C. The zero-order chi connectivity index (χ0) is 10.5. The minimum atomic E-state index is -0.304. The van der Waals surface area contributed by atoms with Gasteiger partial charge in [0.1, 0.15) is 0 Å². The van der Waals surface area contributed by atoms with Gasteiger partial charge >= 0.3 is 0 Å². The monoisotopic (exact) mass is 190 g/mol. The van der Waals surface area contributed by atoms with Gasteiger partial charge in [-0.15, -0.1) is 0 Å². The van der Waals surface area contributed by atoms with Crippen molar-refractivity contribution in [1.82, 2.24) is 0 Å².